The van der Waals surface area contributed by atoms with E-state index >= 15 is 0 Å². The number of hydrogen-bond donors (Lipinski definition) is 2. The molecular formula is C26H14BrN3O7. The van der Waals surface area contributed by atoms with Gasteiger partial charge in [-0.05, 0) is 54.6 Å². The molecule has 0 bridgehead atoms. The van der Waals surface area contributed by atoms with Gasteiger partial charge in [0.25, 0.3) is 23.4 Å². The summed E-state index contributed by atoms with van der Waals surface area (Å²) in [6, 6.07) is 17.1. The lowest BCUT2D eigenvalue weighted by molar-refractivity contribution is -0.383. The monoisotopic (exact) mass is 559 g/mol. The van der Waals surface area contributed by atoms with Gasteiger partial charge in [0, 0.05) is 32.6 Å². The maximum absolute atomic E-state index is 13.4. The second-order valence-corrected chi connectivity index (χ2v) is 8.98. The van der Waals surface area contributed by atoms with Gasteiger partial charge in [-0.25, -0.2) is 9.69 Å². The zero-order valence-electron chi connectivity index (χ0n) is 18.6. The van der Waals surface area contributed by atoms with Crippen LogP contribution in [0.4, 0.5) is 17.1 Å². The van der Waals surface area contributed by atoms with Crippen molar-refractivity contribution in [1.82, 2.24) is 0 Å². The van der Waals surface area contributed by atoms with Gasteiger partial charge < -0.3 is 10.4 Å². The third-order valence-electron chi connectivity index (χ3n) is 5.91. The van der Waals surface area contributed by atoms with Crippen molar-refractivity contribution in [1.29, 1.82) is 0 Å². The average molecular weight is 560 g/mol. The summed E-state index contributed by atoms with van der Waals surface area (Å²) in [6.07, 6.45) is 0. The largest absolute Gasteiger partial charge is 0.478 e. The molecule has 11 heteroatoms. The fraction of sp³-hybridized carbons (Fsp3) is 0. The highest BCUT2D eigenvalue weighted by Crippen LogP contribution is 2.37. The number of rotatable bonds is 5. The molecule has 0 radical (unpaired) electrons. The molecule has 0 atom stereocenters. The number of nitrogens with one attached hydrogen (secondary N) is 1. The van der Waals surface area contributed by atoms with Gasteiger partial charge in [-0.2, -0.15) is 0 Å². The van der Waals surface area contributed by atoms with Crippen molar-refractivity contribution < 1.29 is 29.2 Å². The standard InChI is InChI=1S/C26H14BrN3O7/c27-14-7-9-20(19(12-14)26(34)35)28-23(31)13-3-1-4-15(11-13)29-24(32)17-6-2-5-16-21(30(36)37)10-8-18(22(16)17)25(29)33/h1-12H,(H,28,31)(H,34,35). The molecule has 1 aliphatic rings. The van der Waals surface area contributed by atoms with Gasteiger partial charge in [-0.1, -0.05) is 28.1 Å². The fourth-order valence-corrected chi connectivity index (χ4v) is 4.62. The number of anilines is 2. The quantitative estimate of drug-likeness (QED) is 0.192. The Bertz CT molecular complexity index is 1680. The minimum absolute atomic E-state index is 0.0680. The normalized spacial score (nSPS) is 12.5. The molecule has 10 nitrogen and oxygen atoms in total. The summed E-state index contributed by atoms with van der Waals surface area (Å²) in [5.74, 6) is -3.27. The number of carbonyl (C=O) groups is 4. The number of hydrogen-bond acceptors (Lipinski definition) is 6. The van der Waals surface area contributed by atoms with Crippen molar-refractivity contribution in [2.75, 3.05) is 10.2 Å². The number of non-ortho nitro benzene ring substituents is 1. The second-order valence-electron chi connectivity index (χ2n) is 8.06. The van der Waals surface area contributed by atoms with E-state index in [9.17, 15) is 34.4 Å². The summed E-state index contributed by atoms with van der Waals surface area (Å²) in [5, 5.41) is 23.8. The summed E-state index contributed by atoms with van der Waals surface area (Å²) in [7, 11) is 0. The third kappa shape index (κ3) is 4.00. The number of imide groups is 1. The summed E-state index contributed by atoms with van der Waals surface area (Å²) >= 11 is 3.19. The number of carbonyl (C=O) groups excluding carboxylic acids is 3. The van der Waals surface area contributed by atoms with Gasteiger partial charge >= 0.3 is 5.97 Å². The number of halogens is 1. The van der Waals surface area contributed by atoms with Crippen LogP contribution in [-0.2, 0) is 0 Å². The van der Waals surface area contributed by atoms with Crippen molar-refractivity contribution in [3.63, 3.8) is 0 Å². The van der Waals surface area contributed by atoms with Crippen molar-refractivity contribution in [3.8, 4) is 0 Å². The van der Waals surface area contributed by atoms with Crippen LogP contribution in [0.25, 0.3) is 10.8 Å². The van der Waals surface area contributed by atoms with Crippen LogP contribution in [0.15, 0.2) is 77.3 Å². The van der Waals surface area contributed by atoms with Crippen LogP contribution in [0.1, 0.15) is 41.4 Å². The van der Waals surface area contributed by atoms with Gasteiger partial charge in [0.05, 0.1) is 27.2 Å². The molecule has 0 saturated heterocycles. The van der Waals surface area contributed by atoms with Crippen LogP contribution in [0, 0.1) is 10.1 Å². The van der Waals surface area contributed by atoms with Gasteiger partial charge in [0.15, 0.2) is 0 Å². The topological polar surface area (TPSA) is 147 Å². The zero-order chi connectivity index (χ0) is 26.4. The molecule has 0 fully saturated rings. The van der Waals surface area contributed by atoms with Crippen LogP contribution >= 0.6 is 15.9 Å². The Morgan fingerprint density at radius 2 is 1.62 bits per heavy atom. The van der Waals surface area contributed by atoms with Gasteiger partial charge in [-0.15, -0.1) is 0 Å². The maximum atomic E-state index is 13.4. The molecule has 37 heavy (non-hydrogen) atoms. The zero-order valence-corrected chi connectivity index (χ0v) is 20.2. The summed E-state index contributed by atoms with van der Waals surface area (Å²) in [5.41, 5.74) is 0.140. The lowest BCUT2D eigenvalue weighted by Gasteiger charge is -2.27. The van der Waals surface area contributed by atoms with Crippen molar-refractivity contribution >= 4 is 67.5 Å². The Kier molecular flexibility index (Phi) is 5.76. The number of carboxylic acid groups (broad SMARTS) is 1. The number of amides is 3. The van der Waals surface area contributed by atoms with E-state index in [-0.39, 0.29) is 50.1 Å². The van der Waals surface area contributed by atoms with Gasteiger partial charge in [0.1, 0.15) is 0 Å². The van der Waals surface area contributed by atoms with Gasteiger partial charge in [-0.3, -0.25) is 24.5 Å². The lowest BCUT2D eigenvalue weighted by atomic mass is 9.92. The highest BCUT2D eigenvalue weighted by atomic mass is 79.9. The fourth-order valence-electron chi connectivity index (χ4n) is 4.26. The Labute approximate surface area is 216 Å². The highest BCUT2D eigenvalue weighted by molar-refractivity contribution is 9.10. The van der Waals surface area contributed by atoms with Crippen molar-refractivity contribution in [2.45, 2.75) is 0 Å². The number of nitro groups is 1. The minimum Gasteiger partial charge on any atom is -0.478 e. The molecule has 3 amide bonds. The first kappa shape index (κ1) is 23.8. The molecule has 0 spiro atoms. The van der Waals surface area contributed by atoms with Crippen LogP contribution in [0.3, 0.4) is 0 Å². The molecule has 0 aliphatic carbocycles. The number of nitro benzene ring substituents is 1. The van der Waals surface area contributed by atoms with E-state index in [0.29, 0.717) is 4.47 Å². The Balaban J connectivity index is 1.53. The molecule has 2 N–H and O–H groups in total. The number of benzene rings is 4. The molecule has 1 heterocycles. The molecule has 182 valence electrons. The summed E-state index contributed by atoms with van der Waals surface area (Å²) in [6.45, 7) is 0. The molecule has 4 aromatic rings. The van der Waals surface area contributed by atoms with Crippen molar-refractivity contribution in [2.24, 2.45) is 0 Å². The first-order chi connectivity index (χ1) is 17.7. The van der Waals surface area contributed by atoms with Crippen LogP contribution in [0.2, 0.25) is 0 Å². The van der Waals surface area contributed by atoms with Crippen molar-refractivity contribution in [3.05, 3.63) is 110 Å². The van der Waals surface area contributed by atoms with E-state index in [2.05, 4.69) is 21.2 Å². The summed E-state index contributed by atoms with van der Waals surface area (Å²) in [4.78, 5) is 63.1. The summed E-state index contributed by atoms with van der Waals surface area (Å²) < 4.78 is 0.521. The van der Waals surface area contributed by atoms with Crippen LogP contribution in [0.5, 0.6) is 0 Å². The SMILES string of the molecule is O=C(Nc1ccc(Br)cc1C(=O)O)c1cccc(N2C(=O)c3cccc4c([N+](=O)[O-])ccc(c34)C2=O)c1. The second kappa shape index (κ2) is 8.95. The Morgan fingerprint density at radius 3 is 2.32 bits per heavy atom. The molecule has 0 aromatic heterocycles. The highest BCUT2D eigenvalue weighted by Gasteiger charge is 2.36. The van der Waals surface area contributed by atoms with E-state index in [0.717, 1.165) is 4.90 Å². The number of aromatic carboxylic acids is 1. The van der Waals surface area contributed by atoms with E-state index in [4.69, 9.17) is 0 Å². The van der Waals surface area contributed by atoms with E-state index in [1.807, 2.05) is 0 Å². The molecule has 0 unspecified atom stereocenters. The van der Waals surface area contributed by atoms with Crippen LogP contribution < -0.4 is 10.2 Å². The average Bonchev–Trinajstić information content (AvgIpc) is 2.88. The number of nitrogens with zero attached hydrogens (tertiary/aromatic N) is 2. The number of carboxylic acids is 1. The molecule has 0 saturated carbocycles. The smallest absolute Gasteiger partial charge is 0.337 e. The molecular weight excluding hydrogens is 546 g/mol. The van der Waals surface area contributed by atoms with Gasteiger partial charge in [0.2, 0.25) is 0 Å². The van der Waals surface area contributed by atoms with Crippen LogP contribution in [-0.4, -0.2) is 33.7 Å². The first-order valence-corrected chi connectivity index (χ1v) is 11.5. The lowest BCUT2D eigenvalue weighted by Crippen LogP contribution is -2.40. The molecule has 5 rings (SSSR count). The third-order valence-corrected chi connectivity index (χ3v) is 6.40. The maximum Gasteiger partial charge on any atom is 0.337 e. The Hall–Kier alpha value is -4.90. The van der Waals surface area contributed by atoms with E-state index in [1.165, 1.54) is 66.7 Å². The predicted octanol–water partition coefficient (Wildman–Crippen LogP) is 5.26. The molecule has 1 aliphatic heterocycles. The predicted molar refractivity (Wildman–Crippen MR) is 137 cm³/mol. The molecule has 4 aromatic carbocycles. The van der Waals surface area contributed by atoms with E-state index < -0.39 is 28.6 Å². The minimum atomic E-state index is -1.23. The van der Waals surface area contributed by atoms with E-state index in [1.54, 1.807) is 6.07 Å². The first-order valence-electron chi connectivity index (χ1n) is 10.7. The Morgan fingerprint density at radius 1 is 0.919 bits per heavy atom.